The maximum atomic E-state index is 13.8. The zero-order valence-corrected chi connectivity index (χ0v) is 29.7. The summed E-state index contributed by atoms with van der Waals surface area (Å²) < 4.78 is 33.8. The second kappa shape index (κ2) is 13.1. The Balaban J connectivity index is 1.46. The zero-order valence-electron chi connectivity index (χ0n) is 29.7. The summed E-state index contributed by atoms with van der Waals surface area (Å²) in [5, 5.41) is 26.3. The molecular weight excluding hydrogens is 658 g/mol. The Labute approximate surface area is 290 Å². The summed E-state index contributed by atoms with van der Waals surface area (Å²) in [7, 11) is 1.08. The highest BCUT2D eigenvalue weighted by molar-refractivity contribution is 5.96. The van der Waals surface area contributed by atoms with Crippen molar-refractivity contribution >= 4 is 35.6 Å². The molecule has 10 atom stereocenters. The molecule has 0 unspecified atom stereocenters. The van der Waals surface area contributed by atoms with Crippen LogP contribution in [0.1, 0.15) is 67.7 Å². The highest BCUT2D eigenvalue weighted by Crippen LogP contribution is 2.72. The molecule has 2 saturated heterocycles. The molecule has 15 heteroatoms. The average Bonchev–Trinajstić information content (AvgIpc) is 3.30. The van der Waals surface area contributed by atoms with Crippen molar-refractivity contribution in [2.24, 2.45) is 28.6 Å². The molecule has 276 valence electrons. The molecule has 5 rings (SSSR count). The van der Waals surface area contributed by atoms with Crippen LogP contribution in [0.15, 0.2) is 23.0 Å². The van der Waals surface area contributed by atoms with Crippen LogP contribution in [0, 0.1) is 28.6 Å². The number of aliphatic hydroxyl groups excluding tert-OH is 2. The van der Waals surface area contributed by atoms with E-state index < -0.39 is 106 Å². The number of hydrogen-bond donors (Lipinski definition) is 3. The van der Waals surface area contributed by atoms with Crippen LogP contribution in [0.5, 0.6) is 0 Å². The first-order chi connectivity index (χ1) is 23.2. The lowest BCUT2D eigenvalue weighted by Crippen LogP contribution is -2.79. The van der Waals surface area contributed by atoms with Crippen LogP contribution >= 0.6 is 0 Å². The summed E-state index contributed by atoms with van der Waals surface area (Å²) in [5.74, 6) is -7.33. The fourth-order valence-electron chi connectivity index (χ4n) is 9.32. The van der Waals surface area contributed by atoms with E-state index in [4.69, 9.17) is 28.4 Å². The highest BCUT2D eigenvalue weighted by atomic mass is 16.6. The van der Waals surface area contributed by atoms with Crippen LogP contribution in [0.25, 0.3) is 0 Å². The van der Waals surface area contributed by atoms with Crippen LogP contribution in [-0.2, 0) is 57.2 Å². The van der Waals surface area contributed by atoms with Gasteiger partial charge in [0.15, 0.2) is 18.1 Å². The van der Waals surface area contributed by atoms with E-state index in [2.05, 4.69) is 5.32 Å². The van der Waals surface area contributed by atoms with Gasteiger partial charge in [-0.2, -0.15) is 0 Å². The topological polar surface area (TPSA) is 210 Å². The number of Topliss-reactive ketones (excluding diaryl/α,β-unsaturated/α-hetero) is 1. The number of esters is 4. The molecule has 0 aromatic heterocycles. The first-order valence-corrected chi connectivity index (χ1v) is 16.7. The molecule has 1 spiro atoms. The van der Waals surface area contributed by atoms with Gasteiger partial charge in [0.25, 0.3) is 5.91 Å². The lowest BCUT2D eigenvalue weighted by atomic mass is 9.38. The molecule has 2 aliphatic heterocycles. The van der Waals surface area contributed by atoms with Gasteiger partial charge in [-0.1, -0.05) is 12.5 Å². The Morgan fingerprint density at radius 3 is 2.40 bits per heavy atom. The SMILES string of the molecule is COC(=O)[C@@]12OC[C@]34[C@H]([C@@H](O)[C@@H]1O)[C@@]1(C)CC(=O)C(OCC(=O)NCCC(=O)OC(C)(C)C)=C(C)[C@@H]1C[C@H]3OC(=O)[C@H](OC(=O)C=C(C)C)[C@@H]24. The average molecular weight is 706 g/mol. The van der Waals surface area contributed by atoms with Gasteiger partial charge in [-0.15, -0.1) is 0 Å². The summed E-state index contributed by atoms with van der Waals surface area (Å²) in [4.78, 5) is 78.5. The fraction of sp³-hybridized carbons (Fsp3) is 0.714. The predicted molar refractivity (Wildman–Crippen MR) is 169 cm³/mol. The van der Waals surface area contributed by atoms with Crippen molar-refractivity contribution in [2.75, 3.05) is 26.9 Å². The molecule has 0 radical (unpaired) electrons. The van der Waals surface area contributed by atoms with E-state index in [1.165, 1.54) is 6.08 Å². The van der Waals surface area contributed by atoms with Gasteiger partial charge < -0.3 is 44.0 Å². The van der Waals surface area contributed by atoms with Crippen molar-refractivity contribution in [1.82, 2.24) is 5.32 Å². The maximum absolute atomic E-state index is 13.8. The van der Waals surface area contributed by atoms with E-state index in [1.54, 1.807) is 48.5 Å². The molecule has 1 amide bonds. The Hall–Kier alpha value is -3.82. The fourth-order valence-corrected chi connectivity index (χ4v) is 9.32. The summed E-state index contributed by atoms with van der Waals surface area (Å²) in [6.07, 6.45) is -5.27. The number of carbonyl (C=O) groups is 6. The van der Waals surface area contributed by atoms with Crippen molar-refractivity contribution in [1.29, 1.82) is 0 Å². The van der Waals surface area contributed by atoms with Gasteiger partial charge in [-0.3, -0.25) is 14.4 Å². The smallest absolute Gasteiger partial charge is 0.348 e. The molecular formula is C35H47NO14. The van der Waals surface area contributed by atoms with Crippen LogP contribution < -0.4 is 5.32 Å². The predicted octanol–water partition coefficient (Wildman–Crippen LogP) is 0.824. The number of methoxy groups -OCH3 is 1. The minimum atomic E-state index is -2.28. The Morgan fingerprint density at radius 2 is 1.78 bits per heavy atom. The van der Waals surface area contributed by atoms with E-state index in [1.807, 2.05) is 0 Å². The summed E-state index contributed by atoms with van der Waals surface area (Å²) in [5.41, 5.74) is -4.39. The van der Waals surface area contributed by atoms with Crippen molar-refractivity contribution < 1.29 is 67.4 Å². The highest BCUT2D eigenvalue weighted by Gasteiger charge is 2.85. The molecule has 2 heterocycles. The first kappa shape index (κ1) is 37.4. The van der Waals surface area contributed by atoms with E-state index in [0.717, 1.165) is 7.11 Å². The van der Waals surface area contributed by atoms with Crippen molar-refractivity contribution in [3.05, 3.63) is 23.0 Å². The Kier molecular flexibility index (Phi) is 9.78. The number of aliphatic hydroxyl groups is 2. The molecule has 2 bridgehead atoms. The van der Waals surface area contributed by atoms with E-state index in [9.17, 15) is 39.0 Å². The molecule has 3 N–H and O–H groups in total. The second-order valence-corrected chi connectivity index (χ2v) is 15.5. The third-order valence-electron chi connectivity index (χ3n) is 10.9. The van der Waals surface area contributed by atoms with Crippen molar-refractivity contribution in [2.45, 2.75) is 103 Å². The first-order valence-electron chi connectivity index (χ1n) is 16.7. The maximum Gasteiger partial charge on any atom is 0.348 e. The molecule has 0 aromatic carbocycles. The van der Waals surface area contributed by atoms with E-state index in [-0.39, 0.29) is 38.2 Å². The normalized spacial score (nSPS) is 37.0. The van der Waals surface area contributed by atoms with E-state index >= 15 is 0 Å². The molecule has 50 heavy (non-hydrogen) atoms. The minimum absolute atomic E-state index is 0.00174. The lowest BCUT2D eigenvalue weighted by Gasteiger charge is -2.67. The van der Waals surface area contributed by atoms with Crippen molar-refractivity contribution in [3.63, 3.8) is 0 Å². The van der Waals surface area contributed by atoms with Crippen LogP contribution in [0.3, 0.4) is 0 Å². The number of nitrogens with one attached hydrogen (secondary N) is 1. The molecule has 5 aliphatic rings. The van der Waals surface area contributed by atoms with Gasteiger partial charge in [0.05, 0.1) is 32.2 Å². The number of fused-ring (bicyclic) bond motifs is 2. The molecule has 4 fully saturated rings. The number of hydrogen-bond acceptors (Lipinski definition) is 14. The van der Waals surface area contributed by atoms with Gasteiger partial charge in [0.2, 0.25) is 11.7 Å². The quantitative estimate of drug-likeness (QED) is 0.172. The van der Waals surface area contributed by atoms with Crippen LogP contribution in [0.4, 0.5) is 0 Å². The number of ether oxygens (including phenoxy) is 6. The Bertz CT molecular complexity index is 1540. The minimum Gasteiger partial charge on any atom is -0.480 e. The van der Waals surface area contributed by atoms with Gasteiger partial charge >= 0.3 is 23.9 Å². The molecule has 2 saturated carbocycles. The number of allylic oxidation sites excluding steroid dienone is 3. The summed E-state index contributed by atoms with van der Waals surface area (Å²) >= 11 is 0. The lowest BCUT2D eigenvalue weighted by molar-refractivity contribution is -0.290. The van der Waals surface area contributed by atoms with E-state index in [0.29, 0.717) is 11.1 Å². The number of amides is 1. The monoisotopic (exact) mass is 705 g/mol. The summed E-state index contributed by atoms with van der Waals surface area (Å²) in [6.45, 7) is 11.2. The zero-order chi connectivity index (χ0) is 37.1. The largest absolute Gasteiger partial charge is 0.480 e. The number of carbonyl (C=O) groups excluding carboxylic acids is 6. The van der Waals surface area contributed by atoms with Gasteiger partial charge in [-0.05, 0) is 64.9 Å². The van der Waals surface area contributed by atoms with Gasteiger partial charge in [-0.25, -0.2) is 14.4 Å². The number of ketones is 1. The van der Waals surface area contributed by atoms with Crippen molar-refractivity contribution in [3.8, 4) is 0 Å². The second-order valence-electron chi connectivity index (χ2n) is 15.5. The van der Waals surface area contributed by atoms with Gasteiger partial charge in [0.1, 0.15) is 17.8 Å². The van der Waals surface area contributed by atoms with Crippen LogP contribution in [0.2, 0.25) is 0 Å². The van der Waals surface area contributed by atoms with Gasteiger partial charge in [0, 0.05) is 30.4 Å². The molecule has 15 nitrogen and oxygen atoms in total. The Morgan fingerprint density at radius 1 is 1.10 bits per heavy atom. The molecule has 3 aliphatic carbocycles. The number of rotatable bonds is 9. The third-order valence-corrected chi connectivity index (χ3v) is 10.9. The van der Waals surface area contributed by atoms with Crippen LogP contribution in [-0.4, -0.2) is 108 Å². The molecule has 0 aromatic rings. The third kappa shape index (κ3) is 5.90. The standard InChI is InChI=1S/C35H47NO14/c1-16(2)11-23(40)49-26-28-34-15-47-35(28,31(44)45-8)29(42)24(41)27(34)33(7)13-19(37)25(17(3)18(33)12-20(34)48-30(26)43)46-14-21(38)36-10-9-22(39)50-32(4,5)6/h11,18,20,24,26-29,41-42H,9-10,12-15H2,1-8H3,(H,36,38)/t18-,20+,24+,26+,27+,28+,29-,33-,34+,35-/m0/s1. The summed E-state index contributed by atoms with van der Waals surface area (Å²) in [6, 6.07) is 0.